The fraction of sp³-hybridized carbons (Fsp3) is 0.400. The second kappa shape index (κ2) is 11.4. The van der Waals surface area contributed by atoms with Gasteiger partial charge in [-0.15, -0.1) is 0 Å². The van der Waals surface area contributed by atoms with E-state index in [-0.39, 0.29) is 5.78 Å². The van der Waals surface area contributed by atoms with Crippen LogP contribution in [0.25, 0.3) is 11.1 Å². The Labute approximate surface area is 205 Å². The van der Waals surface area contributed by atoms with E-state index < -0.39 is 0 Å². The van der Waals surface area contributed by atoms with E-state index in [0.717, 1.165) is 58.6 Å². The van der Waals surface area contributed by atoms with Crippen LogP contribution in [0.5, 0.6) is 0 Å². The van der Waals surface area contributed by atoms with Crippen molar-refractivity contribution in [2.45, 2.75) is 54.4 Å². The number of pyridine rings is 1. The predicted octanol–water partition coefficient (Wildman–Crippen LogP) is 6.22. The van der Waals surface area contributed by atoms with Crippen LogP contribution in [0.2, 0.25) is 0 Å². The van der Waals surface area contributed by atoms with Gasteiger partial charge in [-0.25, -0.2) is 0 Å². The molecule has 3 aromatic rings. The van der Waals surface area contributed by atoms with Crippen LogP contribution in [0, 0.1) is 33.6 Å². The molecule has 0 fully saturated rings. The number of hydrogen-bond acceptors (Lipinski definition) is 4. The molecule has 4 nitrogen and oxygen atoms in total. The lowest BCUT2D eigenvalue weighted by atomic mass is 9.94. The van der Waals surface area contributed by atoms with Gasteiger partial charge in [0.25, 0.3) is 0 Å². The molecule has 0 atom stereocenters. The van der Waals surface area contributed by atoms with Crippen LogP contribution in [0.1, 0.15) is 58.4 Å². The lowest BCUT2D eigenvalue weighted by Gasteiger charge is -2.31. The van der Waals surface area contributed by atoms with E-state index in [1.54, 1.807) is 0 Å². The van der Waals surface area contributed by atoms with E-state index in [4.69, 9.17) is 5.73 Å². The summed E-state index contributed by atoms with van der Waals surface area (Å²) in [4.78, 5) is 20.4. The molecule has 0 aliphatic carbocycles. The molecule has 1 heterocycles. The van der Waals surface area contributed by atoms with E-state index in [9.17, 15) is 4.79 Å². The zero-order valence-corrected chi connectivity index (χ0v) is 21.6. The second-order valence-electron chi connectivity index (χ2n) is 10.0. The number of Topliss-reactive ketones (excluding diaryl/α,β-unsaturated/α-hetero) is 1. The number of hydrogen-bond donors (Lipinski definition) is 1. The number of nitrogens with zero attached hydrogens (tertiary/aromatic N) is 2. The van der Waals surface area contributed by atoms with Crippen LogP contribution in [-0.4, -0.2) is 30.4 Å². The summed E-state index contributed by atoms with van der Waals surface area (Å²) in [6.07, 6.45) is 5.04. The fourth-order valence-corrected chi connectivity index (χ4v) is 4.77. The van der Waals surface area contributed by atoms with Gasteiger partial charge in [-0.3, -0.25) is 9.78 Å². The van der Waals surface area contributed by atoms with Gasteiger partial charge in [0.2, 0.25) is 0 Å². The minimum Gasteiger partial charge on any atom is -0.370 e. The van der Waals surface area contributed by atoms with Crippen molar-refractivity contribution in [3.05, 3.63) is 82.2 Å². The van der Waals surface area contributed by atoms with Crippen molar-refractivity contribution in [3.63, 3.8) is 0 Å². The molecular formula is C30H39N3O. The Morgan fingerprint density at radius 1 is 0.912 bits per heavy atom. The zero-order chi connectivity index (χ0) is 24.8. The zero-order valence-electron chi connectivity index (χ0n) is 21.6. The minimum absolute atomic E-state index is 0.121. The summed E-state index contributed by atoms with van der Waals surface area (Å²) in [6, 6.07) is 12.7. The van der Waals surface area contributed by atoms with Gasteiger partial charge in [0.15, 0.2) is 5.78 Å². The van der Waals surface area contributed by atoms with Gasteiger partial charge in [0.05, 0.1) is 5.69 Å². The maximum Gasteiger partial charge on any atom is 0.167 e. The summed E-state index contributed by atoms with van der Waals surface area (Å²) in [7, 11) is 0. The third-order valence-electron chi connectivity index (χ3n) is 5.95. The number of ketones is 1. The molecule has 0 spiro atoms. The van der Waals surface area contributed by atoms with Gasteiger partial charge in [-0.05, 0) is 64.3 Å². The molecule has 0 saturated heterocycles. The lowest BCUT2D eigenvalue weighted by molar-refractivity contribution is 0.0992. The maximum absolute atomic E-state index is 13.4. The van der Waals surface area contributed by atoms with Crippen LogP contribution in [0.3, 0.4) is 0 Å². The maximum atomic E-state index is 13.4. The number of nitrogens with two attached hydrogens (primary N) is 1. The normalized spacial score (nSPS) is 11.2. The monoisotopic (exact) mass is 457 g/mol. The number of carbonyl (C=O) groups excluding carboxylic acids is 1. The van der Waals surface area contributed by atoms with Crippen LogP contribution in [-0.2, 0) is 6.42 Å². The molecule has 0 radical (unpaired) electrons. The van der Waals surface area contributed by atoms with Gasteiger partial charge >= 0.3 is 0 Å². The van der Waals surface area contributed by atoms with Gasteiger partial charge in [-0.1, -0.05) is 60.4 Å². The Morgan fingerprint density at radius 3 is 2.06 bits per heavy atom. The van der Waals surface area contributed by atoms with E-state index in [0.29, 0.717) is 18.9 Å². The first-order chi connectivity index (χ1) is 16.2. The average Bonchev–Trinajstić information content (AvgIpc) is 2.75. The molecule has 0 amide bonds. The van der Waals surface area contributed by atoms with E-state index in [2.05, 4.69) is 61.8 Å². The molecule has 0 aliphatic rings. The van der Waals surface area contributed by atoms with Crippen LogP contribution in [0.15, 0.2) is 48.8 Å². The molecule has 34 heavy (non-hydrogen) atoms. The smallest absolute Gasteiger partial charge is 0.167 e. The molecular weight excluding hydrogens is 418 g/mol. The van der Waals surface area contributed by atoms with Crippen molar-refractivity contribution in [3.8, 4) is 11.1 Å². The van der Waals surface area contributed by atoms with Crippen molar-refractivity contribution in [2.75, 3.05) is 24.5 Å². The van der Waals surface area contributed by atoms with Gasteiger partial charge in [-0.2, -0.15) is 0 Å². The van der Waals surface area contributed by atoms with Gasteiger partial charge in [0.1, 0.15) is 0 Å². The third kappa shape index (κ3) is 6.54. The van der Waals surface area contributed by atoms with Crippen molar-refractivity contribution < 1.29 is 4.79 Å². The van der Waals surface area contributed by atoms with Crippen LogP contribution < -0.4 is 10.6 Å². The standard InChI is InChI=1S/C30H39N3O/c1-20(2)19-33(9-7-8-31)30-27(16-29(34)26-14-23(5)11-24(6)15-26)17-32-18-28(30)25-12-21(3)10-22(4)13-25/h10-15,17-18,20H,7-9,16,19,31H2,1-6H3. The summed E-state index contributed by atoms with van der Waals surface area (Å²) in [5.74, 6) is 0.594. The Kier molecular flexibility index (Phi) is 8.62. The molecule has 3 rings (SSSR count). The largest absolute Gasteiger partial charge is 0.370 e. The SMILES string of the molecule is Cc1cc(C)cc(C(=O)Cc2cncc(-c3cc(C)cc(C)c3)c2N(CCCN)CC(C)C)c1. The third-order valence-corrected chi connectivity index (χ3v) is 5.95. The summed E-state index contributed by atoms with van der Waals surface area (Å²) < 4.78 is 0. The molecule has 2 aromatic carbocycles. The number of rotatable bonds is 10. The molecule has 180 valence electrons. The van der Waals surface area contributed by atoms with Crippen molar-refractivity contribution in [2.24, 2.45) is 11.7 Å². The number of carbonyl (C=O) groups is 1. The van der Waals surface area contributed by atoms with Crippen LogP contribution in [0.4, 0.5) is 5.69 Å². The highest BCUT2D eigenvalue weighted by Crippen LogP contribution is 2.36. The summed E-state index contributed by atoms with van der Waals surface area (Å²) in [6.45, 7) is 15.2. The van der Waals surface area contributed by atoms with Crippen molar-refractivity contribution in [1.82, 2.24) is 4.98 Å². The van der Waals surface area contributed by atoms with E-state index in [1.165, 1.54) is 11.1 Å². The summed E-state index contributed by atoms with van der Waals surface area (Å²) in [5.41, 5.74) is 15.6. The quantitative estimate of drug-likeness (QED) is 0.367. The van der Waals surface area contributed by atoms with Gasteiger partial charge < -0.3 is 10.6 Å². The molecule has 0 saturated carbocycles. The highest BCUT2D eigenvalue weighted by molar-refractivity contribution is 5.99. The Morgan fingerprint density at radius 2 is 1.50 bits per heavy atom. The Balaban J connectivity index is 2.15. The number of aryl methyl sites for hydroxylation is 4. The summed E-state index contributed by atoms with van der Waals surface area (Å²) >= 11 is 0. The Bertz CT molecular complexity index is 1110. The van der Waals surface area contributed by atoms with E-state index >= 15 is 0 Å². The first kappa shape index (κ1) is 25.6. The average molecular weight is 458 g/mol. The number of anilines is 1. The molecule has 2 N–H and O–H groups in total. The van der Waals surface area contributed by atoms with Gasteiger partial charge in [0, 0.05) is 48.6 Å². The summed E-state index contributed by atoms with van der Waals surface area (Å²) in [5, 5.41) is 0. The minimum atomic E-state index is 0.121. The highest BCUT2D eigenvalue weighted by Gasteiger charge is 2.21. The number of benzene rings is 2. The molecule has 0 unspecified atom stereocenters. The fourth-order valence-electron chi connectivity index (χ4n) is 4.77. The molecule has 1 aromatic heterocycles. The Hall–Kier alpha value is -2.98. The predicted molar refractivity (Wildman–Crippen MR) is 144 cm³/mol. The second-order valence-corrected chi connectivity index (χ2v) is 10.0. The van der Waals surface area contributed by atoms with Crippen LogP contribution >= 0.6 is 0 Å². The first-order valence-corrected chi connectivity index (χ1v) is 12.3. The molecule has 0 bridgehead atoms. The van der Waals surface area contributed by atoms with Crippen molar-refractivity contribution >= 4 is 11.5 Å². The lowest BCUT2D eigenvalue weighted by Crippen LogP contribution is -2.31. The van der Waals surface area contributed by atoms with E-state index in [1.807, 2.05) is 38.4 Å². The molecule has 0 aliphatic heterocycles. The first-order valence-electron chi connectivity index (χ1n) is 12.3. The van der Waals surface area contributed by atoms with Crippen molar-refractivity contribution in [1.29, 1.82) is 0 Å². The highest BCUT2D eigenvalue weighted by atomic mass is 16.1. The number of aromatic nitrogens is 1. The topological polar surface area (TPSA) is 59.2 Å². The molecule has 4 heteroatoms.